The molecule has 0 amide bonds. The van der Waals surface area contributed by atoms with Crippen molar-refractivity contribution in [2.75, 3.05) is 0 Å². The molecule has 0 bridgehead atoms. The molecule has 0 saturated heterocycles. The van der Waals surface area contributed by atoms with Crippen molar-refractivity contribution in [1.82, 2.24) is 0 Å². The maximum absolute atomic E-state index is 12.9. The molecule has 15 heavy (non-hydrogen) atoms. The highest BCUT2D eigenvalue weighted by molar-refractivity contribution is 6.55. The number of nitrogens with zero attached hydrogens (tertiary/aromatic N) is 1. The summed E-state index contributed by atoms with van der Waals surface area (Å²) in [7, 11) is 0. The van der Waals surface area contributed by atoms with Gasteiger partial charge in [0.1, 0.15) is 0 Å². The van der Waals surface area contributed by atoms with Crippen LogP contribution in [-0.2, 0) is 0 Å². The quantitative estimate of drug-likeness (QED) is 0.359. The highest BCUT2D eigenvalue weighted by Crippen LogP contribution is 2.21. The van der Waals surface area contributed by atoms with Crippen LogP contribution in [0.1, 0.15) is 10.4 Å². The SMILES string of the molecule is O=C(c1ccc(F)c([N+](=O)[O-])c1)C(Cl)Cl. The summed E-state index contributed by atoms with van der Waals surface area (Å²) in [5.41, 5.74) is -0.882. The Morgan fingerprint density at radius 3 is 2.53 bits per heavy atom. The van der Waals surface area contributed by atoms with Crippen LogP contribution >= 0.6 is 23.2 Å². The van der Waals surface area contributed by atoms with Crippen LogP contribution < -0.4 is 0 Å². The van der Waals surface area contributed by atoms with Gasteiger partial charge in [0, 0.05) is 11.6 Å². The van der Waals surface area contributed by atoms with Crippen molar-refractivity contribution in [3.8, 4) is 0 Å². The molecule has 1 aromatic carbocycles. The number of halogens is 3. The molecule has 0 aliphatic rings. The molecule has 0 unspecified atom stereocenters. The Morgan fingerprint density at radius 1 is 1.47 bits per heavy atom. The fraction of sp³-hybridized carbons (Fsp3) is 0.125. The number of carbonyl (C=O) groups excluding carboxylic acids is 1. The summed E-state index contributed by atoms with van der Waals surface area (Å²) in [6.07, 6.45) is 0. The third kappa shape index (κ3) is 2.64. The van der Waals surface area contributed by atoms with Gasteiger partial charge in [0.15, 0.2) is 10.6 Å². The van der Waals surface area contributed by atoms with E-state index in [4.69, 9.17) is 23.2 Å². The lowest BCUT2D eigenvalue weighted by Crippen LogP contribution is -2.08. The first-order valence-electron chi connectivity index (χ1n) is 3.70. The lowest BCUT2D eigenvalue weighted by atomic mass is 10.1. The molecule has 0 spiro atoms. The minimum absolute atomic E-state index is 0.0990. The molecular formula is C8H4Cl2FNO3. The van der Waals surface area contributed by atoms with Crippen LogP contribution in [-0.4, -0.2) is 15.5 Å². The third-order valence-corrected chi connectivity index (χ3v) is 2.02. The van der Waals surface area contributed by atoms with E-state index < -0.39 is 27.0 Å². The summed E-state index contributed by atoms with van der Waals surface area (Å²) in [5, 5.41) is 10.4. The zero-order valence-corrected chi connectivity index (χ0v) is 8.63. The Hall–Kier alpha value is -1.20. The Balaban J connectivity index is 3.19. The van der Waals surface area contributed by atoms with Gasteiger partial charge in [-0.15, -0.1) is 0 Å². The topological polar surface area (TPSA) is 60.2 Å². The smallest absolute Gasteiger partial charge is 0.291 e. The molecule has 0 N–H and O–H groups in total. The maximum atomic E-state index is 12.9. The molecule has 0 saturated carbocycles. The van der Waals surface area contributed by atoms with Gasteiger partial charge in [0.25, 0.3) is 0 Å². The Labute approximate surface area is 93.7 Å². The summed E-state index contributed by atoms with van der Waals surface area (Å²) in [6, 6.07) is 2.71. The van der Waals surface area contributed by atoms with Crippen molar-refractivity contribution in [2.45, 2.75) is 4.84 Å². The summed E-state index contributed by atoms with van der Waals surface area (Å²) >= 11 is 10.6. The largest absolute Gasteiger partial charge is 0.305 e. The van der Waals surface area contributed by atoms with Crippen molar-refractivity contribution in [3.63, 3.8) is 0 Å². The van der Waals surface area contributed by atoms with Gasteiger partial charge in [-0.25, -0.2) is 0 Å². The van der Waals surface area contributed by atoms with E-state index in [1.165, 1.54) is 0 Å². The Kier molecular flexibility index (Phi) is 3.60. The van der Waals surface area contributed by atoms with E-state index in [2.05, 4.69) is 0 Å². The number of hydrogen-bond donors (Lipinski definition) is 0. The molecule has 0 fully saturated rings. The molecule has 0 aliphatic carbocycles. The molecule has 1 rings (SSSR count). The molecule has 0 atom stereocenters. The van der Waals surface area contributed by atoms with E-state index in [0.29, 0.717) is 0 Å². The van der Waals surface area contributed by atoms with Gasteiger partial charge in [0.2, 0.25) is 5.82 Å². The number of hydrogen-bond acceptors (Lipinski definition) is 3. The molecule has 0 aliphatic heterocycles. The first-order valence-corrected chi connectivity index (χ1v) is 4.57. The van der Waals surface area contributed by atoms with Crippen molar-refractivity contribution in [1.29, 1.82) is 0 Å². The van der Waals surface area contributed by atoms with Gasteiger partial charge in [-0.1, -0.05) is 23.2 Å². The normalized spacial score (nSPS) is 10.4. The molecular weight excluding hydrogens is 248 g/mol. The predicted octanol–water partition coefficient (Wildman–Crippen LogP) is 2.72. The van der Waals surface area contributed by atoms with Crippen molar-refractivity contribution in [3.05, 3.63) is 39.7 Å². The second-order valence-corrected chi connectivity index (χ2v) is 3.68. The number of benzene rings is 1. The van der Waals surface area contributed by atoms with Crippen LogP contribution in [0.4, 0.5) is 10.1 Å². The number of rotatable bonds is 3. The van der Waals surface area contributed by atoms with Crippen LogP contribution in [0.25, 0.3) is 0 Å². The number of Topliss-reactive ketones (excluding diaryl/α,β-unsaturated/α-hetero) is 1. The summed E-state index contributed by atoms with van der Waals surface area (Å²) in [6.45, 7) is 0. The van der Waals surface area contributed by atoms with Crippen molar-refractivity contribution in [2.24, 2.45) is 0 Å². The van der Waals surface area contributed by atoms with E-state index in [9.17, 15) is 19.3 Å². The molecule has 1 aromatic rings. The summed E-state index contributed by atoms with van der Waals surface area (Å²) in [5.74, 6) is -1.72. The van der Waals surface area contributed by atoms with Crippen molar-refractivity contribution >= 4 is 34.7 Å². The second kappa shape index (κ2) is 4.55. The van der Waals surface area contributed by atoms with Gasteiger partial charge in [-0.05, 0) is 12.1 Å². The van der Waals surface area contributed by atoms with E-state index in [0.717, 1.165) is 18.2 Å². The molecule has 0 heterocycles. The van der Waals surface area contributed by atoms with Crippen LogP contribution in [0.3, 0.4) is 0 Å². The number of ketones is 1. The van der Waals surface area contributed by atoms with E-state index in [1.54, 1.807) is 0 Å². The predicted molar refractivity (Wildman–Crippen MR) is 52.9 cm³/mol. The number of carbonyl (C=O) groups is 1. The van der Waals surface area contributed by atoms with Gasteiger partial charge in [-0.3, -0.25) is 14.9 Å². The first kappa shape index (κ1) is 11.9. The zero-order valence-electron chi connectivity index (χ0n) is 7.12. The number of alkyl halides is 2. The van der Waals surface area contributed by atoms with Gasteiger partial charge in [-0.2, -0.15) is 4.39 Å². The molecule has 0 radical (unpaired) electrons. The van der Waals surface area contributed by atoms with E-state index in [-0.39, 0.29) is 5.56 Å². The fourth-order valence-electron chi connectivity index (χ4n) is 0.932. The van der Waals surface area contributed by atoms with Crippen LogP contribution in [0.15, 0.2) is 18.2 Å². The van der Waals surface area contributed by atoms with E-state index in [1.807, 2.05) is 0 Å². The minimum atomic E-state index is -1.32. The van der Waals surface area contributed by atoms with Gasteiger partial charge >= 0.3 is 5.69 Å². The zero-order chi connectivity index (χ0) is 11.6. The molecule has 4 nitrogen and oxygen atoms in total. The second-order valence-electron chi connectivity index (χ2n) is 2.59. The summed E-state index contributed by atoms with van der Waals surface area (Å²) in [4.78, 5) is 19.3. The lowest BCUT2D eigenvalue weighted by Gasteiger charge is -2.01. The van der Waals surface area contributed by atoms with Crippen LogP contribution in [0.5, 0.6) is 0 Å². The van der Waals surface area contributed by atoms with Gasteiger partial charge < -0.3 is 0 Å². The average Bonchev–Trinajstić information content (AvgIpc) is 2.16. The van der Waals surface area contributed by atoms with Gasteiger partial charge in [0.05, 0.1) is 4.92 Å². The molecule has 7 heteroatoms. The van der Waals surface area contributed by atoms with E-state index >= 15 is 0 Å². The van der Waals surface area contributed by atoms with Crippen LogP contribution in [0.2, 0.25) is 0 Å². The molecule has 0 aromatic heterocycles. The summed E-state index contributed by atoms with van der Waals surface area (Å²) < 4.78 is 12.9. The highest BCUT2D eigenvalue weighted by atomic mass is 35.5. The highest BCUT2D eigenvalue weighted by Gasteiger charge is 2.20. The van der Waals surface area contributed by atoms with Crippen molar-refractivity contribution < 1.29 is 14.1 Å². The fourth-order valence-corrected chi connectivity index (χ4v) is 1.18. The maximum Gasteiger partial charge on any atom is 0.305 e. The Morgan fingerprint density at radius 2 is 2.07 bits per heavy atom. The van der Waals surface area contributed by atoms with Crippen LogP contribution in [0, 0.1) is 15.9 Å². The Bertz CT molecular complexity index is 422. The molecule has 80 valence electrons. The number of nitro benzene ring substituents is 1. The lowest BCUT2D eigenvalue weighted by molar-refractivity contribution is -0.387. The minimum Gasteiger partial charge on any atom is -0.291 e. The first-order chi connectivity index (χ1) is 6.93. The third-order valence-electron chi connectivity index (χ3n) is 1.63. The average molecular weight is 252 g/mol. The number of nitro groups is 1. The standard InChI is InChI=1S/C8H4Cl2FNO3/c9-8(10)7(13)4-1-2-5(11)6(3-4)12(14)15/h1-3,8H. The monoisotopic (exact) mass is 251 g/mol.